The van der Waals surface area contributed by atoms with E-state index in [0.717, 1.165) is 28.4 Å². The molecule has 1 N–H and O–H groups in total. The van der Waals surface area contributed by atoms with Crippen molar-refractivity contribution in [1.29, 1.82) is 0 Å². The molecule has 0 atom stereocenters. The molecule has 0 saturated heterocycles. The first-order valence-corrected chi connectivity index (χ1v) is 11.6. The van der Waals surface area contributed by atoms with Crippen LogP contribution in [0, 0.1) is 0 Å². The molecule has 4 aromatic rings. The highest BCUT2D eigenvalue weighted by molar-refractivity contribution is 6.07. The van der Waals surface area contributed by atoms with Crippen LogP contribution in [-0.4, -0.2) is 12.5 Å². The number of para-hydroxylation sites is 1. The number of nitrogens with one attached hydrogen (secondary N) is 1. The highest BCUT2D eigenvalue weighted by Crippen LogP contribution is 2.45. The monoisotopic (exact) mass is 425 g/mol. The van der Waals surface area contributed by atoms with E-state index in [-0.39, 0.29) is 16.7 Å². The molecule has 3 nitrogen and oxygen atoms in total. The van der Waals surface area contributed by atoms with Gasteiger partial charge < -0.3 is 9.73 Å². The lowest BCUT2D eigenvalue weighted by molar-refractivity contribution is 0.0954. The van der Waals surface area contributed by atoms with Crippen molar-refractivity contribution in [2.45, 2.75) is 57.8 Å². The molecular formula is C29H31NO2. The average molecular weight is 426 g/mol. The Balaban J connectivity index is 1.29. The summed E-state index contributed by atoms with van der Waals surface area (Å²) in [6, 6.07) is 20.6. The second kappa shape index (κ2) is 7.51. The van der Waals surface area contributed by atoms with Crippen LogP contribution >= 0.6 is 0 Å². The Labute approximate surface area is 189 Å². The van der Waals surface area contributed by atoms with E-state index in [0.29, 0.717) is 12.1 Å². The van der Waals surface area contributed by atoms with Crippen molar-refractivity contribution in [3.05, 3.63) is 82.9 Å². The molecular weight excluding hydrogens is 394 g/mol. The van der Waals surface area contributed by atoms with Crippen LogP contribution in [-0.2, 0) is 17.3 Å². The van der Waals surface area contributed by atoms with Crippen LogP contribution in [0.2, 0.25) is 0 Å². The third kappa shape index (κ3) is 3.60. The van der Waals surface area contributed by atoms with Crippen LogP contribution in [0.15, 0.2) is 65.1 Å². The molecule has 1 amide bonds. The Hall–Kier alpha value is -3.07. The average Bonchev–Trinajstić information content (AvgIpc) is 3.15. The van der Waals surface area contributed by atoms with Crippen LogP contribution < -0.4 is 5.32 Å². The lowest BCUT2D eigenvalue weighted by Crippen LogP contribution is -2.34. The molecule has 0 spiro atoms. The van der Waals surface area contributed by atoms with Gasteiger partial charge in [-0.1, -0.05) is 64.1 Å². The van der Waals surface area contributed by atoms with Crippen LogP contribution in [0.5, 0.6) is 0 Å². The Kier molecular flexibility index (Phi) is 4.88. The van der Waals surface area contributed by atoms with Gasteiger partial charge >= 0.3 is 0 Å². The van der Waals surface area contributed by atoms with Gasteiger partial charge in [-0.3, -0.25) is 4.79 Å². The van der Waals surface area contributed by atoms with Gasteiger partial charge in [-0.2, -0.15) is 0 Å². The van der Waals surface area contributed by atoms with Crippen molar-refractivity contribution < 1.29 is 9.21 Å². The number of furan rings is 1. The van der Waals surface area contributed by atoms with E-state index in [2.05, 4.69) is 51.2 Å². The third-order valence-electron chi connectivity index (χ3n) is 7.26. The maximum Gasteiger partial charge on any atom is 0.251 e. The summed E-state index contributed by atoms with van der Waals surface area (Å²) in [5.74, 6) is -0.0632. The van der Waals surface area contributed by atoms with Crippen LogP contribution in [0.3, 0.4) is 0 Å². The fraction of sp³-hybridized carbons (Fsp3) is 0.345. The summed E-state index contributed by atoms with van der Waals surface area (Å²) in [7, 11) is 0. The standard InChI is InChI=1S/C29H31NO2/c1-28(2)14-15-29(3,4)24-17-19(9-12-23(24)28)13-16-30-27(31)20-10-11-22-21-7-5-6-8-25(21)32-26(22)18-20/h5-12,17-18H,13-16H2,1-4H3,(H,30,31). The van der Waals surface area contributed by atoms with E-state index in [9.17, 15) is 4.79 Å². The lowest BCUT2D eigenvalue weighted by atomic mass is 9.63. The summed E-state index contributed by atoms with van der Waals surface area (Å²) in [6.45, 7) is 10.0. The summed E-state index contributed by atoms with van der Waals surface area (Å²) in [5, 5.41) is 5.20. The number of rotatable bonds is 4. The summed E-state index contributed by atoms with van der Waals surface area (Å²) in [6.07, 6.45) is 3.25. The number of amides is 1. The highest BCUT2D eigenvalue weighted by Gasteiger charge is 2.36. The quantitative estimate of drug-likeness (QED) is 0.386. The molecule has 5 rings (SSSR count). The predicted molar refractivity (Wildman–Crippen MR) is 131 cm³/mol. The van der Waals surface area contributed by atoms with E-state index >= 15 is 0 Å². The minimum absolute atomic E-state index is 0.0632. The summed E-state index contributed by atoms with van der Waals surface area (Å²) in [4.78, 5) is 12.8. The fourth-order valence-electron chi connectivity index (χ4n) is 5.08. The zero-order chi connectivity index (χ0) is 22.5. The normalized spacial score (nSPS) is 16.8. The minimum Gasteiger partial charge on any atom is -0.456 e. The van der Waals surface area contributed by atoms with E-state index in [1.54, 1.807) is 0 Å². The van der Waals surface area contributed by atoms with Gasteiger partial charge in [0.1, 0.15) is 11.2 Å². The number of hydrogen-bond acceptors (Lipinski definition) is 2. The Bertz CT molecular complexity index is 1330. The molecule has 3 aromatic carbocycles. The summed E-state index contributed by atoms with van der Waals surface area (Å²) >= 11 is 0. The summed E-state index contributed by atoms with van der Waals surface area (Å²) in [5.41, 5.74) is 6.87. The number of carbonyl (C=O) groups is 1. The number of hydrogen-bond donors (Lipinski definition) is 1. The second-order valence-electron chi connectivity index (χ2n) is 10.5. The van der Waals surface area contributed by atoms with Crippen LogP contribution in [0.4, 0.5) is 0 Å². The maximum atomic E-state index is 12.8. The molecule has 1 heterocycles. The molecule has 0 fully saturated rings. The number of benzene rings is 3. The van der Waals surface area contributed by atoms with E-state index in [1.807, 2.05) is 42.5 Å². The predicted octanol–water partition coefficient (Wildman–Crippen LogP) is 6.91. The number of fused-ring (bicyclic) bond motifs is 4. The van der Waals surface area contributed by atoms with Crippen molar-refractivity contribution in [3.63, 3.8) is 0 Å². The molecule has 164 valence electrons. The molecule has 32 heavy (non-hydrogen) atoms. The van der Waals surface area contributed by atoms with Crippen molar-refractivity contribution in [2.24, 2.45) is 0 Å². The molecule has 0 aliphatic heterocycles. The van der Waals surface area contributed by atoms with Gasteiger partial charge in [0, 0.05) is 22.9 Å². The molecule has 0 saturated carbocycles. The first-order chi connectivity index (χ1) is 15.2. The fourth-order valence-corrected chi connectivity index (χ4v) is 5.08. The van der Waals surface area contributed by atoms with Gasteiger partial charge in [0.05, 0.1) is 0 Å². The maximum absolute atomic E-state index is 12.8. The molecule has 1 aliphatic carbocycles. The zero-order valence-electron chi connectivity index (χ0n) is 19.4. The van der Waals surface area contributed by atoms with Gasteiger partial charge in [-0.05, 0) is 71.0 Å². The third-order valence-corrected chi connectivity index (χ3v) is 7.26. The second-order valence-corrected chi connectivity index (χ2v) is 10.5. The van der Waals surface area contributed by atoms with Crippen molar-refractivity contribution in [1.82, 2.24) is 5.32 Å². The summed E-state index contributed by atoms with van der Waals surface area (Å²) < 4.78 is 5.93. The number of carbonyl (C=O) groups excluding carboxylic acids is 1. The molecule has 3 heteroatoms. The largest absolute Gasteiger partial charge is 0.456 e. The first-order valence-electron chi connectivity index (χ1n) is 11.6. The van der Waals surface area contributed by atoms with Crippen molar-refractivity contribution in [3.8, 4) is 0 Å². The van der Waals surface area contributed by atoms with Crippen molar-refractivity contribution in [2.75, 3.05) is 6.54 Å². The van der Waals surface area contributed by atoms with E-state index in [1.165, 1.54) is 29.5 Å². The Morgan fingerprint density at radius 1 is 0.844 bits per heavy atom. The van der Waals surface area contributed by atoms with Gasteiger partial charge in [-0.25, -0.2) is 0 Å². The Morgan fingerprint density at radius 3 is 2.38 bits per heavy atom. The molecule has 0 bridgehead atoms. The van der Waals surface area contributed by atoms with Gasteiger partial charge in [0.15, 0.2) is 0 Å². The van der Waals surface area contributed by atoms with Crippen molar-refractivity contribution >= 4 is 27.8 Å². The zero-order valence-corrected chi connectivity index (χ0v) is 19.4. The van der Waals surface area contributed by atoms with Crippen LogP contribution in [0.25, 0.3) is 21.9 Å². The minimum atomic E-state index is -0.0632. The molecule has 1 aliphatic rings. The SMILES string of the molecule is CC1(C)CCC(C)(C)c2cc(CCNC(=O)c3ccc4c(c3)oc3ccccc34)ccc21. The smallest absolute Gasteiger partial charge is 0.251 e. The molecule has 0 radical (unpaired) electrons. The molecule has 1 aromatic heterocycles. The molecule has 0 unspecified atom stereocenters. The van der Waals surface area contributed by atoms with Crippen LogP contribution in [0.1, 0.15) is 67.6 Å². The first kappa shape index (κ1) is 20.8. The van der Waals surface area contributed by atoms with E-state index in [4.69, 9.17) is 4.42 Å². The van der Waals surface area contributed by atoms with E-state index < -0.39 is 0 Å². The topological polar surface area (TPSA) is 42.2 Å². The Morgan fingerprint density at radius 2 is 1.56 bits per heavy atom. The van der Waals surface area contributed by atoms with Gasteiger partial charge in [0.2, 0.25) is 0 Å². The lowest BCUT2D eigenvalue weighted by Gasteiger charge is -2.42. The highest BCUT2D eigenvalue weighted by atomic mass is 16.3. The van der Waals surface area contributed by atoms with Gasteiger partial charge in [0.25, 0.3) is 5.91 Å². The van der Waals surface area contributed by atoms with Gasteiger partial charge in [-0.15, -0.1) is 0 Å².